The van der Waals surface area contributed by atoms with Crippen LogP contribution >= 0.6 is 0 Å². The first-order chi connectivity index (χ1) is 29.7. The maximum atomic E-state index is 5.28. The summed E-state index contributed by atoms with van der Waals surface area (Å²) < 4.78 is 0. The van der Waals surface area contributed by atoms with Crippen LogP contribution in [0.1, 0.15) is 46.3 Å². The van der Waals surface area contributed by atoms with Crippen molar-refractivity contribution in [3.05, 3.63) is 222 Å². The van der Waals surface area contributed by atoms with Crippen LogP contribution in [0.2, 0.25) is 0 Å². The van der Waals surface area contributed by atoms with E-state index in [1.165, 1.54) is 66.8 Å². The minimum Gasteiger partial charge on any atom is -0.381 e. The Labute approximate surface area is 351 Å². The van der Waals surface area contributed by atoms with E-state index in [0.717, 1.165) is 29.2 Å². The molecule has 11 rings (SSSR count). The molecule has 0 saturated heterocycles. The molecule has 3 heterocycles. The summed E-state index contributed by atoms with van der Waals surface area (Å²) in [5.41, 5.74) is 15.3. The van der Waals surface area contributed by atoms with Gasteiger partial charge in [-0.05, 0) is 51.1 Å². The van der Waals surface area contributed by atoms with E-state index >= 15 is 0 Å². The summed E-state index contributed by atoms with van der Waals surface area (Å²) in [5.74, 6) is 0.958. The monoisotopic (exact) mass is 776 g/mol. The molecule has 0 aliphatic carbocycles. The Morgan fingerprint density at radius 1 is 0.500 bits per heavy atom. The topological polar surface area (TPSA) is 54.9 Å². The zero-order chi connectivity index (χ0) is 40.0. The molecule has 3 N–H and O–H groups in total. The van der Waals surface area contributed by atoms with Gasteiger partial charge in [-0.25, -0.2) is 4.99 Å². The molecule has 3 atom stereocenters. The van der Waals surface area contributed by atoms with Crippen LogP contribution in [-0.4, -0.2) is 24.3 Å². The van der Waals surface area contributed by atoms with Crippen molar-refractivity contribution in [2.45, 2.75) is 18.5 Å². The fraction of sp³-hybridized carbons (Fsp3) is 0.0926. The van der Waals surface area contributed by atoms with Crippen LogP contribution < -0.4 is 20.9 Å². The van der Waals surface area contributed by atoms with Gasteiger partial charge in [0.1, 0.15) is 24.3 Å². The van der Waals surface area contributed by atoms with Gasteiger partial charge in [-0.3, -0.25) is 5.32 Å². The normalized spacial score (nSPS) is 18.0. The number of rotatable bonds is 7. The highest BCUT2D eigenvalue weighted by atomic mass is 15.4. The molecule has 0 bridgehead atoms. The molecule has 0 amide bonds. The molecule has 3 unspecified atom stereocenters. The van der Waals surface area contributed by atoms with Crippen LogP contribution in [0.4, 0.5) is 22.7 Å². The number of anilines is 4. The second-order valence-corrected chi connectivity index (χ2v) is 15.7. The standard InChI is InChI=1S/C54H44N6/c1-59-52(41-29-23-37(24-30-41)36-14-5-2-6-15-36)57-51(40-16-7-3-8-17-40)58-53(59)42-31-25-38(26-32-42)39-27-33-43(34-28-39)54-56-49-46-21-12-11-20-45(46)48-47(22-13-35-55-48)50(49)60(54)44-18-9-4-10-19-44/h2-34,51,53-56,58H,35H2,1H3. The summed E-state index contributed by atoms with van der Waals surface area (Å²) in [5, 5.41) is 14.0. The predicted octanol–water partition coefficient (Wildman–Crippen LogP) is 12.6. The van der Waals surface area contributed by atoms with E-state index in [0.29, 0.717) is 0 Å². The maximum Gasteiger partial charge on any atom is 0.134 e. The molecule has 290 valence electrons. The van der Waals surface area contributed by atoms with E-state index in [9.17, 15) is 0 Å². The average molecular weight is 777 g/mol. The van der Waals surface area contributed by atoms with Gasteiger partial charge >= 0.3 is 0 Å². The number of aliphatic imine (C=N–C) groups is 1. The number of hydrogen-bond donors (Lipinski definition) is 3. The van der Waals surface area contributed by atoms with Crippen LogP contribution in [0, 0.1) is 0 Å². The SMILES string of the molecule is CN1C(c2ccc(-c3ccccc3)cc2)=NC(c2ccccc2)NC1c1ccc(-c2ccc(C3Nc4c(c5c(c6ccccc46)NCC=C5)N3c3ccccc3)cc2)cc1. The summed E-state index contributed by atoms with van der Waals surface area (Å²) in [7, 11) is 2.13. The van der Waals surface area contributed by atoms with Gasteiger partial charge in [0, 0.05) is 41.2 Å². The Hall–Kier alpha value is -7.41. The largest absolute Gasteiger partial charge is 0.381 e. The highest BCUT2D eigenvalue weighted by Crippen LogP contribution is 2.54. The molecule has 6 heteroatoms. The van der Waals surface area contributed by atoms with Gasteiger partial charge in [-0.15, -0.1) is 0 Å². The van der Waals surface area contributed by atoms with Crippen molar-refractivity contribution >= 4 is 45.4 Å². The fourth-order valence-corrected chi connectivity index (χ4v) is 9.16. The molecular formula is C54H44N6. The Morgan fingerprint density at radius 2 is 1.02 bits per heavy atom. The minimum absolute atomic E-state index is 0.0834. The van der Waals surface area contributed by atoms with E-state index in [1.807, 2.05) is 0 Å². The number of para-hydroxylation sites is 1. The van der Waals surface area contributed by atoms with Crippen LogP contribution in [0.15, 0.2) is 199 Å². The molecule has 3 aliphatic rings. The number of fused-ring (bicyclic) bond motifs is 6. The average Bonchev–Trinajstić information content (AvgIpc) is 3.74. The van der Waals surface area contributed by atoms with E-state index in [2.05, 4.69) is 233 Å². The summed E-state index contributed by atoms with van der Waals surface area (Å²) in [6.07, 6.45) is 4.14. The van der Waals surface area contributed by atoms with Gasteiger partial charge in [-0.2, -0.15) is 0 Å². The first-order valence-electron chi connectivity index (χ1n) is 20.8. The number of nitrogens with one attached hydrogen (secondary N) is 3. The van der Waals surface area contributed by atoms with Crippen molar-refractivity contribution in [3.63, 3.8) is 0 Å². The quantitative estimate of drug-likeness (QED) is 0.150. The minimum atomic E-state index is -0.190. The van der Waals surface area contributed by atoms with Gasteiger partial charge in [0.05, 0.1) is 17.1 Å². The molecule has 0 radical (unpaired) electrons. The molecule has 8 aromatic rings. The second-order valence-electron chi connectivity index (χ2n) is 15.7. The maximum absolute atomic E-state index is 5.28. The highest BCUT2D eigenvalue weighted by Gasteiger charge is 2.36. The van der Waals surface area contributed by atoms with Crippen LogP contribution in [0.5, 0.6) is 0 Å². The summed E-state index contributed by atoms with van der Waals surface area (Å²) in [4.78, 5) is 10.0. The second kappa shape index (κ2) is 15.1. The Bertz CT molecular complexity index is 2870. The molecule has 0 saturated carbocycles. The molecule has 0 aromatic heterocycles. The molecule has 0 fully saturated rings. The zero-order valence-corrected chi connectivity index (χ0v) is 33.3. The van der Waals surface area contributed by atoms with Crippen molar-refractivity contribution in [1.29, 1.82) is 0 Å². The fourth-order valence-electron chi connectivity index (χ4n) is 9.16. The lowest BCUT2D eigenvalue weighted by molar-refractivity contribution is 0.257. The number of benzene rings is 8. The molecule has 6 nitrogen and oxygen atoms in total. The summed E-state index contributed by atoms with van der Waals surface area (Å²) in [6, 6.07) is 67.3. The van der Waals surface area contributed by atoms with Crippen molar-refractivity contribution in [2.24, 2.45) is 4.99 Å². The van der Waals surface area contributed by atoms with Crippen molar-refractivity contribution in [1.82, 2.24) is 10.2 Å². The van der Waals surface area contributed by atoms with Crippen molar-refractivity contribution < 1.29 is 0 Å². The first kappa shape index (κ1) is 35.7. The van der Waals surface area contributed by atoms with Gasteiger partial charge in [0.2, 0.25) is 0 Å². The Kier molecular flexibility index (Phi) is 8.98. The van der Waals surface area contributed by atoms with Gasteiger partial charge in [0.25, 0.3) is 0 Å². The van der Waals surface area contributed by atoms with Crippen LogP contribution in [0.3, 0.4) is 0 Å². The lowest BCUT2D eigenvalue weighted by Gasteiger charge is -2.39. The Morgan fingerprint density at radius 3 is 1.67 bits per heavy atom. The van der Waals surface area contributed by atoms with E-state index in [1.54, 1.807) is 0 Å². The Balaban J connectivity index is 0.893. The van der Waals surface area contributed by atoms with Crippen LogP contribution in [-0.2, 0) is 0 Å². The number of amidine groups is 1. The lowest BCUT2D eigenvalue weighted by Crippen LogP contribution is -2.46. The van der Waals surface area contributed by atoms with E-state index in [4.69, 9.17) is 4.99 Å². The summed E-state index contributed by atoms with van der Waals surface area (Å²) >= 11 is 0. The van der Waals surface area contributed by atoms with E-state index < -0.39 is 0 Å². The molecule has 60 heavy (non-hydrogen) atoms. The van der Waals surface area contributed by atoms with Gasteiger partial charge < -0.3 is 20.4 Å². The van der Waals surface area contributed by atoms with Gasteiger partial charge in [-0.1, -0.05) is 188 Å². The summed E-state index contributed by atoms with van der Waals surface area (Å²) in [6.45, 7) is 0.821. The third-order valence-corrected chi connectivity index (χ3v) is 12.2. The predicted molar refractivity (Wildman–Crippen MR) is 250 cm³/mol. The van der Waals surface area contributed by atoms with Crippen LogP contribution in [0.25, 0.3) is 39.1 Å². The van der Waals surface area contributed by atoms with Gasteiger partial charge in [0.15, 0.2) is 0 Å². The molecule has 3 aliphatic heterocycles. The molecular weight excluding hydrogens is 733 g/mol. The molecule has 8 aromatic carbocycles. The zero-order valence-electron chi connectivity index (χ0n) is 33.3. The lowest BCUT2D eigenvalue weighted by atomic mass is 9.97. The third-order valence-electron chi connectivity index (χ3n) is 12.2. The van der Waals surface area contributed by atoms with E-state index in [-0.39, 0.29) is 18.5 Å². The third kappa shape index (κ3) is 6.29. The number of hydrogen-bond acceptors (Lipinski definition) is 6. The van der Waals surface area contributed by atoms with Crippen molar-refractivity contribution in [3.8, 4) is 22.3 Å². The number of nitrogens with zero attached hydrogens (tertiary/aromatic N) is 3. The van der Waals surface area contributed by atoms with Crippen molar-refractivity contribution in [2.75, 3.05) is 29.1 Å². The first-order valence-corrected chi connectivity index (χ1v) is 20.8. The molecule has 0 spiro atoms. The highest BCUT2D eigenvalue weighted by molar-refractivity contribution is 6.14. The smallest absolute Gasteiger partial charge is 0.134 e.